The minimum atomic E-state index is -0.765. The van der Waals surface area contributed by atoms with E-state index in [1.807, 2.05) is 0 Å². The van der Waals surface area contributed by atoms with E-state index >= 15 is 0 Å². The second-order valence-corrected chi connectivity index (χ2v) is 17.4. The van der Waals surface area contributed by atoms with Gasteiger partial charge in [-0.15, -0.1) is 0 Å². The Morgan fingerprint density at radius 2 is 0.569 bits per heavy atom. The molecule has 0 aliphatic heterocycles. The number of ether oxygens (including phenoxy) is 3. The molecular formula is C52H98O6. The van der Waals surface area contributed by atoms with Crippen LogP contribution in [0.1, 0.15) is 284 Å². The number of hydrogen-bond donors (Lipinski definition) is 0. The lowest BCUT2D eigenvalue weighted by atomic mass is 10.0. The van der Waals surface area contributed by atoms with Crippen molar-refractivity contribution in [3.8, 4) is 0 Å². The first-order chi connectivity index (χ1) is 28.5. The van der Waals surface area contributed by atoms with E-state index in [2.05, 4.69) is 32.9 Å². The summed E-state index contributed by atoms with van der Waals surface area (Å²) < 4.78 is 16.8. The first-order valence-corrected chi connectivity index (χ1v) is 25.7. The minimum Gasteiger partial charge on any atom is -0.462 e. The van der Waals surface area contributed by atoms with Crippen molar-refractivity contribution in [3.05, 3.63) is 12.2 Å². The SMILES string of the molecule is CCCCC/C=C\CCCCCCCC(=O)OCC(COC(=O)CCCCCCCCCCCCCCCC)OC(=O)CCCCCCCCCCCCCCCC. The fourth-order valence-electron chi connectivity index (χ4n) is 7.61. The van der Waals surface area contributed by atoms with Crippen molar-refractivity contribution in [2.24, 2.45) is 0 Å². The zero-order valence-electron chi connectivity index (χ0n) is 39.1. The molecule has 0 fully saturated rings. The Balaban J connectivity index is 4.33. The predicted octanol–water partition coefficient (Wildman–Crippen LogP) is 16.6. The highest BCUT2D eigenvalue weighted by molar-refractivity contribution is 5.71. The lowest BCUT2D eigenvalue weighted by Crippen LogP contribution is -2.30. The summed E-state index contributed by atoms with van der Waals surface area (Å²) in [5.41, 5.74) is 0. The van der Waals surface area contributed by atoms with Gasteiger partial charge in [0.25, 0.3) is 0 Å². The molecule has 6 nitrogen and oxygen atoms in total. The summed E-state index contributed by atoms with van der Waals surface area (Å²) in [5.74, 6) is -0.860. The van der Waals surface area contributed by atoms with Gasteiger partial charge in [0.05, 0.1) is 0 Å². The van der Waals surface area contributed by atoms with Gasteiger partial charge in [-0.2, -0.15) is 0 Å². The topological polar surface area (TPSA) is 78.9 Å². The van der Waals surface area contributed by atoms with Crippen molar-refractivity contribution < 1.29 is 28.6 Å². The van der Waals surface area contributed by atoms with Crippen molar-refractivity contribution in [3.63, 3.8) is 0 Å². The van der Waals surface area contributed by atoms with Crippen LogP contribution in [-0.4, -0.2) is 37.2 Å². The molecule has 0 saturated carbocycles. The van der Waals surface area contributed by atoms with E-state index in [9.17, 15) is 14.4 Å². The van der Waals surface area contributed by atoms with E-state index < -0.39 is 6.10 Å². The van der Waals surface area contributed by atoms with E-state index in [1.54, 1.807) is 0 Å². The summed E-state index contributed by atoms with van der Waals surface area (Å²) in [6.45, 7) is 6.64. The quantitative estimate of drug-likeness (QED) is 0.0263. The fourth-order valence-corrected chi connectivity index (χ4v) is 7.61. The highest BCUT2D eigenvalue weighted by Crippen LogP contribution is 2.16. The van der Waals surface area contributed by atoms with Crippen molar-refractivity contribution in [1.29, 1.82) is 0 Å². The Labute approximate surface area is 360 Å². The van der Waals surface area contributed by atoms with Gasteiger partial charge in [0.1, 0.15) is 13.2 Å². The molecule has 0 spiro atoms. The largest absolute Gasteiger partial charge is 0.462 e. The Morgan fingerprint density at radius 1 is 0.328 bits per heavy atom. The van der Waals surface area contributed by atoms with Gasteiger partial charge in [-0.3, -0.25) is 14.4 Å². The second kappa shape index (κ2) is 47.8. The third kappa shape index (κ3) is 45.2. The van der Waals surface area contributed by atoms with E-state index in [0.29, 0.717) is 19.3 Å². The molecular weight excluding hydrogens is 721 g/mol. The molecule has 6 heteroatoms. The van der Waals surface area contributed by atoms with Gasteiger partial charge in [-0.1, -0.05) is 232 Å². The summed E-state index contributed by atoms with van der Waals surface area (Å²) in [4.78, 5) is 37.9. The van der Waals surface area contributed by atoms with Gasteiger partial charge in [0.2, 0.25) is 0 Å². The zero-order valence-corrected chi connectivity index (χ0v) is 39.1. The standard InChI is InChI=1S/C52H98O6/c1-4-7-10-13-16-19-22-25-27-30-33-36-39-42-45-51(54)57-48-49(47-56-50(53)44-41-38-35-32-29-24-21-18-15-12-9-6-3)58-52(55)46-43-40-37-34-31-28-26-23-20-17-14-11-8-5-2/h18,21,49H,4-17,19-20,22-48H2,1-3H3/b21-18-. The molecule has 0 radical (unpaired) electrons. The summed E-state index contributed by atoms with van der Waals surface area (Å²) in [5, 5.41) is 0. The number of rotatable bonds is 47. The summed E-state index contributed by atoms with van der Waals surface area (Å²) in [6, 6.07) is 0. The maximum absolute atomic E-state index is 12.8. The molecule has 1 atom stereocenters. The molecule has 342 valence electrons. The smallest absolute Gasteiger partial charge is 0.306 e. The van der Waals surface area contributed by atoms with Crippen molar-refractivity contribution in [2.75, 3.05) is 13.2 Å². The van der Waals surface area contributed by atoms with Crippen LogP contribution in [0.2, 0.25) is 0 Å². The van der Waals surface area contributed by atoms with Crippen LogP contribution in [-0.2, 0) is 28.6 Å². The van der Waals surface area contributed by atoms with Gasteiger partial charge in [0.15, 0.2) is 6.10 Å². The Bertz CT molecular complexity index is 900. The molecule has 0 heterocycles. The van der Waals surface area contributed by atoms with E-state index in [-0.39, 0.29) is 31.1 Å². The van der Waals surface area contributed by atoms with Gasteiger partial charge < -0.3 is 14.2 Å². The van der Waals surface area contributed by atoms with Crippen molar-refractivity contribution in [2.45, 2.75) is 290 Å². The van der Waals surface area contributed by atoms with Gasteiger partial charge >= 0.3 is 17.9 Å². The molecule has 58 heavy (non-hydrogen) atoms. The van der Waals surface area contributed by atoms with Crippen LogP contribution in [0.5, 0.6) is 0 Å². The lowest BCUT2D eigenvalue weighted by molar-refractivity contribution is -0.167. The zero-order chi connectivity index (χ0) is 42.3. The number of carbonyl (C=O) groups excluding carboxylic acids is 3. The molecule has 0 aromatic carbocycles. The van der Waals surface area contributed by atoms with E-state index in [4.69, 9.17) is 14.2 Å². The maximum atomic E-state index is 12.8. The second-order valence-electron chi connectivity index (χ2n) is 17.4. The highest BCUT2D eigenvalue weighted by atomic mass is 16.6. The van der Waals surface area contributed by atoms with Gasteiger partial charge in [-0.25, -0.2) is 0 Å². The first-order valence-electron chi connectivity index (χ1n) is 25.7. The molecule has 0 rings (SSSR count). The number of carbonyl (C=O) groups is 3. The fraction of sp³-hybridized carbons (Fsp3) is 0.904. The van der Waals surface area contributed by atoms with E-state index in [0.717, 1.165) is 64.2 Å². The van der Waals surface area contributed by atoms with Gasteiger partial charge in [0, 0.05) is 19.3 Å². The molecule has 1 unspecified atom stereocenters. The Hall–Kier alpha value is -1.85. The molecule has 0 aromatic rings. The number of unbranched alkanes of at least 4 members (excludes halogenated alkanes) is 34. The molecule has 0 amide bonds. The predicted molar refractivity (Wildman–Crippen MR) is 247 cm³/mol. The molecule has 0 aliphatic carbocycles. The Kier molecular flexibility index (Phi) is 46.3. The average Bonchev–Trinajstić information content (AvgIpc) is 3.22. The molecule has 0 bridgehead atoms. The van der Waals surface area contributed by atoms with Crippen LogP contribution in [0.15, 0.2) is 12.2 Å². The third-order valence-electron chi connectivity index (χ3n) is 11.5. The molecule has 0 aromatic heterocycles. The first kappa shape index (κ1) is 56.1. The van der Waals surface area contributed by atoms with Crippen LogP contribution >= 0.6 is 0 Å². The highest BCUT2D eigenvalue weighted by Gasteiger charge is 2.19. The Morgan fingerprint density at radius 3 is 0.897 bits per heavy atom. The number of hydrogen-bond acceptors (Lipinski definition) is 6. The average molecular weight is 819 g/mol. The third-order valence-corrected chi connectivity index (χ3v) is 11.5. The van der Waals surface area contributed by atoms with Gasteiger partial charge in [-0.05, 0) is 44.9 Å². The number of esters is 3. The van der Waals surface area contributed by atoms with Crippen LogP contribution in [0, 0.1) is 0 Å². The molecule has 0 aliphatic rings. The summed E-state index contributed by atoms with van der Waals surface area (Å²) in [6.07, 6.45) is 51.9. The number of allylic oxidation sites excluding steroid dienone is 2. The molecule has 0 N–H and O–H groups in total. The van der Waals surface area contributed by atoms with E-state index in [1.165, 1.54) is 180 Å². The maximum Gasteiger partial charge on any atom is 0.306 e. The summed E-state index contributed by atoms with van der Waals surface area (Å²) in [7, 11) is 0. The van der Waals surface area contributed by atoms with Crippen molar-refractivity contribution in [1.82, 2.24) is 0 Å². The van der Waals surface area contributed by atoms with Crippen LogP contribution < -0.4 is 0 Å². The van der Waals surface area contributed by atoms with Crippen LogP contribution in [0.3, 0.4) is 0 Å². The monoisotopic (exact) mass is 819 g/mol. The normalized spacial score (nSPS) is 12.0. The minimum absolute atomic E-state index is 0.0672. The van der Waals surface area contributed by atoms with Crippen LogP contribution in [0.4, 0.5) is 0 Å². The van der Waals surface area contributed by atoms with Crippen molar-refractivity contribution >= 4 is 17.9 Å². The lowest BCUT2D eigenvalue weighted by Gasteiger charge is -2.18. The molecule has 0 saturated heterocycles. The summed E-state index contributed by atoms with van der Waals surface area (Å²) >= 11 is 0. The van der Waals surface area contributed by atoms with Crippen LogP contribution in [0.25, 0.3) is 0 Å².